The molecule has 0 radical (unpaired) electrons. The Morgan fingerprint density at radius 3 is 2.53 bits per heavy atom. The summed E-state index contributed by atoms with van der Waals surface area (Å²) >= 11 is 6.71. The Labute approximate surface area is 254 Å². The van der Waals surface area contributed by atoms with Crippen molar-refractivity contribution in [2.75, 3.05) is 18.0 Å². The minimum atomic E-state index is -1.10. The molecule has 1 fully saturated rings. The van der Waals surface area contributed by atoms with Gasteiger partial charge in [0, 0.05) is 36.9 Å². The molecule has 226 valence electrons. The standard InChI is InChI=1S/C31H31ClF2N6O2.CH4/c1-7-24(41)38-14-19(6)39(15-18(38)5)29-21-13-22(32)27(20-9-8-10-23(33)25(20)34)36-30(21)40(31(42)37-29)28-17(4)11-12-35-26(28)16(2)3;/h7-13,16,18-19H,1,14-15H2,2-6H3;1H4/t18-,19+;/m1./s1. The molecule has 0 bridgehead atoms. The van der Waals surface area contributed by atoms with Crippen molar-refractivity contribution in [1.29, 1.82) is 0 Å². The molecule has 3 aromatic heterocycles. The number of aryl methyl sites for hydroxylation is 1. The number of aromatic nitrogens is 4. The summed E-state index contributed by atoms with van der Waals surface area (Å²) in [5, 5.41) is 0.508. The summed E-state index contributed by atoms with van der Waals surface area (Å²) in [5.41, 5.74) is 1.36. The number of piperazine rings is 1. The molecule has 1 aliphatic rings. The van der Waals surface area contributed by atoms with Crippen molar-refractivity contribution in [2.24, 2.45) is 0 Å². The van der Waals surface area contributed by atoms with E-state index in [1.807, 2.05) is 39.5 Å². The minimum Gasteiger partial charge on any atom is -0.349 e. The van der Waals surface area contributed by atoms with Crippen LogP contribution in [0, 0.1) is 18.6 Å². The third-order valence-corrected chi connectivity index (χ3v) is 7.94. The van der Waals surface area contributed by atoms with Crippen LogP contribution >= 0.6 is 11.6 Å². The van der Waals surface area contributed by atoms with E-state index in [4.69, 9.17) is 16.6 Å². The topological polar surface area (TPSA) is 84.2 Å². The number of fused-ring (bicyclic) bond motifs is 1. The summed E-state index contributed by atoms with van der Waals surface area (Å²) in [6, 6.07) is 6.72. The highest BCUT2D eigenvalue weighted by atomic mass is 35.5. The predicted molar refractivity (Wildman–Crippen MR) is 167 cm³/mol. The van der Waals surface area contributed by atoms with Gasteiger partial charge in [0.15, 0.2) is 17.3 Å². The normalized spacial score (nSPS) is 16.9. The first-order valence-corrected chi connectivity index (χ1v) is 14.1. The van der Waals surface area contributed by atoms with E-state index in [2.05, 4.69) is 16.5 Å². The molecule has 4 aromatic rings. The Kier molecular flexibility index (Phi) is 9.01. The Hall–Kier alpha value is -4.18. The van der Waals surface area contributed by atoms with Gasteiger partial charge < -0.3 is 9.80 Å². The molecule has 2 atom stereocenters. The van der Waals surface area contributed by atoms with Gasteiger partial charge in [0.25, 0.3) is 0 Å². The fourth-order valence-corrected chi connectivity index (χ4v) is 5.79. The van der Waals surface area contributed by atoms with Crippen molar-refractivity contribution in [3.05, 3.63) is 87.6 Å². The lowest BCUT2D eigenvalue weighted by Crippen LogP contribution is -2.58. The molecule has 1 aliphatic heterocycles. The fraction of sp³-hybridized carbons (Fsp3) is 0.344. The number of anilines is 1. The molecule has 0 aliphatic carbocycles. The van der Waals surface area contributed by atoms with Gasteiger partial charge in [-0.15, -0.1) is 0 Å². The van der Waals surface area contributed by atoms with E-state index in [1.54, 1.807) is 23.2 Å². The highest BCUT2D eigenvalue weighted by molar-refractivity contribution is 6.33. The van der Waals surface area contributed by atoms with Crippen molar-refractivity contribution in [1.82, 2.24) is 24.4 Å². The zero-order valence-electron chi connectivity index (χ0n) is 24.0. The fourth-order valence-electron chi connectivity index (χ4n) is 5.53. The van der Waals surface area contributed by atoms with Gasteiger partial charge in [0.05, 0.1) is 27.5 Å². The Balaban J connectivity index is 0.00000423. The van der Waals surface area contributed by atoms with Gasteiger partial charge in [-0.25, -0.2) is 23.1 Å². The summed E-state index contributed by atoms with van der Waals surface area (Å²) < 4.78 is 30.6. The molecule has 43 heavy (non-hydrogen) atoms. The van der Waals surface area contributed by atoms with Crippen LogP contribution in [0.1, 0.15) is 52.3 Å². The number of pyridine rings is 2. The van der Waals surface area contributed by atoms with Gasteiger partial charge in [-0.1, -0.05) is 45.5 Å². The molecule has 0 unspecified atom stereocenters. The highest BCUT2D eigenvalue weighted by Crippen LogP contribution is 2.37. The van der Waals surface area contributed by atoms with Crippen LogP contribution < -0.4 is 10.6 Å². The number of rotatable bonds is 5. The molecule has 8 nitrogen and oxygen atoms in total. The maximum atomic E-state index is 15.0. The third-order valence-electron chi connectivity index (χ3n) is 7.65. The van der Waals surface area contributed by atoms with Crippen LogP contribution in [0.5, 0.6) is 0 Å². The SMILES string of the molecule is C.C=CC(=O)N1C[C@H](C)N(c2nc(=O)n(-c3c(C)ccnc3C(C)C)c3nc(-c4cccc(F)c4F)c(Cl)cc23)C[C@H]1C. The van der Waals surface area contributed by atoms with E-state index in [1.165, 1.54) is 22.8 Å². The quantitative estimate of drug-likeness (QED) is 0.242. The van der Waals surface area contributed by atoms with Crippen molar-refractivity contribution in [3.8, 4) is 16.9 Å². The molecule has 1 saturated heterocycles. The summed E-state index contributed by atoms with van der Waals surface area (Å²) in [6.07, 6.45) is 2.96. The maximum Gasteiger partial charge on any atom is 0.355 e. The van der Waals surface area contributed by atoms with E-state index in [0.29, 0.717) is 35.7 Å². The second kappa shape index (κ2) is 12.2. The summed E-state index contributed by atoms with van der Waals surface area (Å²) in [4.78, 5) is 43.9. The van der Waals surface area contributed by atoms with Crippen LogP contribution in [-0.2, 0) is 4.79 Å². The molecule has 1 amide bonds. The number of carbonyl (C=O) groups excluding carboxylic acids is 1. The largest absolute Gasteiger partial charge is 0.355 e. The van der Waals surface area contributed by atoms with Gasteiger partial charge in [0.2, 0.25) is 5.91 Å². The molecule has 0 saturated carbocycles. The first-order chi connectivity index (χ1) is 19.9. The molecule has 4 heterocycles. The second-order valence-electron chi connectivity index (χ2n) is 10.9. The Bertz CT molecular complexity index is 1790. The van der Waals surface area contributed by atoms with Gasteiger partial charge in [-0.2, -0.15) is 4.98 Å². The summed E-state index contributed by atoms with van der Waals surface area (Å²) in [6.45, 7) is 14.0. The lowest BCUT2D eigenvalue weighted by molar-refractivity contribution is -0.128. The zero-order chi connectivity index (χ0) is 30.5. The number of hydrogen-bond acceptors (Lipinski definition) is 6. The van der Waals surface area contributed by atoms with Crippen LogP contribution in [0.25, 0.3) is 28.0 Å². The second-order valence-corrected chi connectivity index (χ2v) is 11.3. The van der Waals surface area contributed by atoms with Crippen molar-refractivity contribution in [2.45, 2.75) is 60.0 Å². The van der Waals surface area contributed by atoms with Crippen molar-refractivity contribution in [3.63, 3.8) is 0 Å². The lowest BCUT2D eigenvalue weighted by Gasteiger charge is -2.44. The van der Waals surface area contributed by atoms with Crippen LogP contribution in [-0.4, -0.2) is 55.5 Å². The number of amides is 1. The highest BCUT2D eigenvalue weighted by Gasteiger charge is 2.34. The molecule has 1 aromatic carbocycles. The number of benzene rings is 1. The smallest absolute Gasteiger partial charge is 0.349 e. The van der Waals surface area contributed by atoms with Crippen molar-refractivity contribution >= 4 is 34.4 Å². The zero-order valence-corrected chi connectivity index (χ0v) is 24.8. The monoisotopic (exact) mass is 608 g/mol. The van der Waals surface area contributed by atoms with Crippen molar-refractivity contribution < 1.29 is 13.6 Å². The van der Waals surface area contributed by atoms with Crippen LogP contribution in [0.4, 0.5) is 14.6 Å². The van der Waals surface area contributed by atoms with E-state index in [9.17, 15) is 18.4 Å². The van der Waals surface area contributed by atoms with E-state index in [0.717, 1.165) is 11.6 Å². The molecular formula is C32H35ClF2N6O2. The van der Waals surface area contributed by atoms with Gasteiger partial charge in [0.1, 0.15) is 5.82 Å². The summed E-state index contributed by atoms with van der Waals surface area (Å²) in [5.74, 6) is -2.03. The average molecular weight is 609 g/mol. The average Bonchev–Trinajstić information content (AvgIpc) is 2.95. The lowest BCUT2D eigenvalue weighted by atomic mass is 10.0. The molecular weight excluding hydrogens is 574 g/mol. The Morgan fingerprint density at radius 1 is 1.14 bits per heavy atom. The first-order valence-electron chi connectivity index (χ1n) is 13.7. The summed E-state index contributed by atoms with van der Waals surface area (Å²) in [7, 11) is 0. The number of hydrogen-bond donors (Lipinski definition) is 0. The molecule has 0 N–H and O–H groups in total. The minimum absolute atomic E-state index is 0. The van der Waals surface area contributed by atoms with Gasteiger partial charge in [-0.05, 0) is 62.6 Å². The van der Waals surface area contributed by atoms with Crippen LogP contribution in [0.3, 0.4) is 0 Å². The third kappa shape index (κ3) is 5.51. The predicted octanol–water partition coefficient (Wildman–Crippen LogP) is 6.45. The molecule has 11 heteroatoms. The number of halogens is 3. The molecule has 0 spiro atoms. The van der Waals surface area contributed by atoms with E-state index < -0.39 is 17.3 Å². The maximum absolute atomic E-state index is 15.0. The Morgan fingerprint density at radius 2 is 1.86 bits per heavy atom. The molecule has 5 rings (SSSR count). The first kappa shape index (κ1) is 31.7. The number of carbonyl (C=O) groups is 1. The van der Waals surface area contributed by atoms with Gasteiger partial charge >= 0.3 is 5.69 Å². The number of nitrogens with zero attached hydrogens (tertiary/aromatic N) is 6. The van der Waals surface area contributed by atoms with Gasteiger partial charge in [-0.3, -0.25) is 9.78 Å². The van der Waals surface area contributed by atoms with Crippen LogP contribution in [0.2, 0.25) is 5.02 Å². The van der Waals surface area contributed by atoms with E-state index >= 15 is 0 Å². The van der Waals surface area contributed by atoms with Crippen LogP contribution in [0.15, 0.2) is 54.0 Å². The van der Waals surface area contributed by atoms with E-state index in [-0.39, 0.29) is 53.3 Å².